The first-order chi connectivity index (χ1) is 8.66. The van der Waals surface area contributed by atoms with E-state index in [2.05, 4.69) is 28.2 Å². The maximum atomic E-state index is 13.7. The molecule has 0 bridgehead atoms. The van der Waals surface area contributed by atoms with Gasteiger partial charge in [-0.05, 0) is 30.9 Å². The molecule has 0 heterocycles. The molecule has 0 aromatic heterocycles. The fourth-order valence-corrected chi connectivity index (χ4v) is 3.04. The van der Waals surface area contributed by atoms with Crippen LogP contribution in [-0.2, 0) is 6.54 Å². The van der Waals surface area contributed by atoms with Gasteiger partial charge in [-0.1, -0.05) is 48.2 Å². The number of halogens is 2. The topological polar surface area (TPSA) is 12.0 Å². The van der Waals surface area contributed by atoms with Crippen LogP contribution in [0.3, 0.4) is 0 Å². The van der Waals surface area contributed by atoms with Crippen LogP contribution in [0.4, 0.5) is 4.39 Å². The molecule has 18 heavy (non-hydrogen) atoms. The quantitative estimate of drug-likeness (QED) is 0.801. The lowest BCUT2D eigenvalue weighted by Crippen LogP contribution is -2.34. The molecule has 1 nitrogen and oxygen atoms in total. The summed E-state index contributed by atoms with van der Waals surface area (Å²) in [4.78, 5) is 0. The van der Waals surface area contributed by atoms with Crippen molar-refractivity contribution in [3.8, 4) is 0 Å². The molecule has 1 aliphatic rings. The predicted octanol–water partition coefficient (Wildman–Crippen LogP) is 4.65. The van der Waals surface area contributed by atoms with E-state index in [1.807, 2.05) is 12.1 Å². The summed E-state index contributed by atoms with van der Waals surface area (Å²) < 4.78 is 14.5. The summed E-state index contributed by atoms with van der Waals surface area (Å²) in [6, 6.07) is 5.83. The van der Waals surface area contributed by atoms with Crippen molar-refractivity contribution in [3.63, 3.8) is 0 Å². The Bertz CT molecular complexity index is 394. The van der Waals surface area contributed by atoms with E-state index in [1.54, 1.807) is 0 Å². The molecule has 2 unspecified atom stereocenters. The summed E-state index contributed by atoms with van der Waals surface area (Å²) in [6.07, 6.45) is 6.49. The summed E-state index contributed by atoms with van der Waals surface area (Å²) in [6.45, 7) is 2.94. The number of hydrogen-bond acceptors (Lipinski definition) is 1. The standard InChI is InChI=1S/C15H21BrFN/c1-11-5-3-2-4-6-15(11)18-10-12-7-8-13(16)9-14(12)17/h7-9,11,15,18H,2-6,10H2,1H3. The zero-order valence-corrected chi connectivity index (χ0v) is 12.5. The highest BCUT2D eigenvalue weighted by Gasteiger charge is 2.19. The lowest BCUT2D eigenvalue weighted by atomic mass is 9.97. The van der Waals surface area contributed by atoms with Crippen LogP contribution in [0.5, 0.6) is 0 Å². The highest BCUT2D eigenvalue weighted by atomic mass is 79.9. The second-order valence-corrected chi connectivity index (χ2v) is 6.25. The zero-order chi connectivity index (χ0) is 13.0. The van der Waals surface area contributed by atoms with E-state index >= 15 is 0 Å². The lowest BCUT2D eigenvalue weighted by Gasteiger charge is -2.23. The number of hydrogen-bond donors (Lipinski definition) is 1. The third-order valence-corrected chi connectivity index (χ3v) is 4.42. The van der Waals surface area contributed by atoms with Crippen LogP contribution >= 0.6 is 15.9 Å². The van der Waals surface area contributed by atoms with Crippen molar-refractivity contribution in [2.45, 2.75) is 51.6 Å². The Morgan fingerprint density at radius 2 is 2.06 bits per heavy atom. The van der Waals surface area contributed by atoms with Crippen LogP contribution < -0.4 is 5.32 Å². The molecule has 0 saturated heterocycles. The van der Waals surface area contributed by atoms with E-state index in [4.69, 9.17) is 0 Å². The van der Waals surface area contributed by atoms with Gasteiger partial charge in [0.05, 0.1) is 0 Å². The Morgan fingerprint density at radius 1 is 1.28 bits per heavy atom. The molecule has 0 amide bonds. The second kappa shape index (κ2) is 6.67. The molecule has 2 atom stereocenters. The maximum Gasteiger partial charge on any atom is 0.128 e. The van der Waals surface area contributed by atoms with Crippen molar-refractivity contribution >= 4 is 15.9 Å². The van der Waals surface area contributed by atoms with E-state index in [9.17, 15) is 4.39 Å². The zero-order valence-electron chi connectivity index (χ0n) is 10.9. The average Bonchev–Trinajstić information content (AvgIpc) is 2.53. The summed E-state index contributed by atoms with van der Waals surface area (Å²) in [5.74, 6) is 0.573. The first kappa shape index (κ1) is 14.0. The molecule has 1 aromatic rings. The van der Waals surface area contributed by atoms with Gasteiger partial charge in [0.1, 0.15) is 5.82 Å². The minimum atomic E-state index is -0.127. The van der Waals surface area contributed by atoms with Gasteiger partial charge in [-0.25, -0.2) is 4.39 Å². The molecular formula is C15H21BrFN. The van der Waals surface area contributed by atoms with Crippen LogP contribution in [0, 0.1) is 11.7 Å². The van der Waals surface area contributed by atoms with E-state index in [0.29, 0.717) is 18.5 Å². The van der Waals surface area contributed by atoms with Crippen molar-refractivity contribution < 1.29 is 4.39 Å². The number of benzene rings is 1. The summed E-state index contributed by atoms with van der Waals surface area (Å²) >= 11 is 3.28. The Morgan fingerprint density at radius 3 is 2.83 bits per heavy atom. The fraction of sp³-hybridized carbons (Fsp3) is 0.600. The largest absolute Gasteiger partial charge is 0.310 e. The minimum Gasteiger partial charge on any atom is -0.310 e. The van der Waals surface area contributed by atoms with Gasteiger partial charge in [0.2, 0.25) is 0 Å². The summed E-state index contributed by atoms with van der Waals surface area (Å²) in [5.41, 5.74) is 0.759. The monoisotopic (exact) mass is 313 g/mol. The first-order valence-electron chi connectivity index (χ1n) is 6.84. The van der Waals surface area contributed by atoms with Crippen molar-refractivity contribution in [2.24, 2.45) is 5.92 Å². The highest BCUT2D eigenvalue weighted by molar-refractivity contribution is 9.10. The number of nitrogens with one attached hydrogen (secondary N) is 1. The van der Waals surface area contributed by atoms with E-state index < -0.39 is 0 Å². The molecule has 1 aromatic carbocycles. The summed E-state index contributed by atoms with van der Waals surface area (Å²) in [5, 5.41) is 3.53. The van der Waals surface area contributed by atoms with Crippen LogP contribution in [-0.4, -0.2) is 6.04 Å². The van der Waals surface area contributed by atoms with Gasteiger partial charge in [0, 0.05) is 22.6 Å². The van der Waals surface area contributed by atoms with E-state index in [0.717, 1.165) is 10.0 Å². The average molecular weight is 314 g/mol. The first-order valence-corrected chi connectivity index (χ1v) is 7.63. The molecule has 1 fully saturated rings. The van der Waals surface area contributed by atoms with Crippen molar-refractivity contribution in [3.05, 3.63) is 34.1 Å². The molecular weight excluding hydrogens is 293 g/mol. The van der Waals surface area contributed by atoms with Gasteiger partial charge in [-0.15, -0.1) is 0 Å². The van der Waals surface area contributed by atoms with E-state index in [-0.39, 0.29) is 5.82 Å². The SMILES string of the molecule is CC1CCCCCC1NCc1ccc(Br)cc1F. The highest BCUT2D eigenvalue weighted by Crippen LogP contribution is 2.23. The molecule has 0 spiro atoms. The smallest absolute Gasteiger partial charge is 0.128 e. The Balaban J connectivity index is 1.93. The van der Waals surface area contributed by atoms with Gasteiger partial charge < -0.3 is 5.32 Å². The van der Waals surface area contributed by atoms with Gasteiger partial charge in [0.25, 0.3) is 0 Å². The van der Waals surface area contributed by atoms with Crippen LogP contribution in [0.25, 0.3) is 0 Å². The van der Waals surface area contributed by atoms with Crippen LogP contribution in [0.2, 0.25) is 0 Å². The van der Waals surface area contributed by atoms with Crippen molar-refractivity contribution in [1.82, 2.24) is 5.32 Å². The van der Waals surface area contributed by atoms with Crippen molar-refractivity contribution in [1.29, 1.82) is 0 Å². The van der Waals surface area contributed by atoms with Gasteiger partial charge in [-0.2, -0.15) is 0 Å². The molecule has 0 radical (unpaired) electrons. The van der Waals surface area contributed by atoms with Gasteiger partial charge >= 0.3 is 0 Å². The third-order valence-electron chi connectivity index (χ3n) is 3.93. The third kappa shape index (κ3) is 3.79. The number of rotatable bonds is 3. The Hall–Kier alpha value is -0.410. The van der Waals surface area contributed by atoms with Gasteiger partial charge in [0.15, 0.2) is 0 Å². The van der Waals surface area contributed by atoms with Crippen LogP contribution in [0.15, 0.2) is 22.7 Å². The summed E-state index contributed by atoms with van der Waals surface area (Å²) in [7, 11) is 0. The van der Waals surface area contributed by atoms with Gasteiger partial charge in [-0.3, -0.25) is 0 Å². The molecule has 1 saturated carbocycles. The molecule has 3 heteroatoms. The molecule has 1 N–H and O–H groups in total. The fourth-order valence-electron chi connectivity index (χ4n) is 2.70. The van der Waals surface area contributed by atoms with Crippen LogP contribution in [0.1, 0.15) is 44.6 Å². The maximum absolute atomic E-state index is 13.7. The molecule has 2 rings (SSSR count). The normalized spacial score (nSPS) is 24.8. The molecule has 1 aliphatic carbocycles. The molecule has 0 aliphatic heterocycles. The predicted molar refractivity (Wildman–Crippen MR) is 77.0 cm³/mol. The lowest BCUT2D eigenvalue weighted by molar-refractivity contribution is 0.354. The van der Waals surface area contributed by atoms with Crippen molar-refractivity contribution in [2.75, 3.05) is 0 Å². The minimum absolute atomic E-state index is 0.127. The second-order valence-electron chi connectivity index (χ2n) is 5.34. The molecule has 100 valence electrons. The Kier molecular flexibility index (Phi) is 5.19. The Labute approximate surface area is 117 Å². The van der Waals surface area contributed by atoms with E-state index in [1.165, 1.54) is 38.2 Å².